The predicted molar refractivity (Wildman–Crippen MR) is 46.7 cm³/mol. The molecule has 0 aromatic heterocycles. The fraction of sp³-hybridized carbons (Fsp3) is 0.667. The number of rotatable bonds is 3. The molecule has 0 spiro atoms. The molecule has 0 aliphatic heterocycles. The van der Waals surface area contributed by atoms with Gasteiger partial charge in [-0.15, -0.1) is 0 Å². The van der Waals surface area contributed by atoms with Gasteiger partial charge in [0.2, 0.25) is 0 Å². The van der Waals surface area contributed by atoms with Crippen molar-refractivity contribution in [2.24, 2.45) is 11.7 Å². The van der Waals surface area contributed by atoms with Crippen molar-refractivity contribution in [2.45, 2.75) is 31.7 Å². The second-order valence-electron chi connectivity index (χ2n) is 3.28. The molecule has 0 amide bonds. The lowest BCUT2D eigenvalue weighted by Gasteiger charge is -2.21. The number of hydrogen-bond donors (Lipinski definition) is 2. The summed E-state index contributed by atoms with van der Waals surface area (Å²) < 4.78 is 0. The third-order valence-electron chi connectivity index (χ3n) is 2.25. The fourth-order valence-electron chi connectivity index (χ4n) is 1.55. The van der Waals surface area contributed by atoms with Gasteiger partial charge in [-0.3, -0.25) is 4.79 Å². The molecule has 1 unspecified atom stereocenters. The summed E-state index contributed by atoms with van der Waals surface area (Å²) in [6.45, 7) is 0. The minimum absolute atomic E-state index is 0.0784. The van der Waals surface area contributed by atoms with Crippen LogP contribution in [0.15, 0.2) is 12.2 Å². The summed E-state index contributed by atoms with van der Waals surface area (Å²) in [4.78, 5) is 10.3. The van der Waals surface area contributed by atoms with Gasteiger partial charge in [-0.25, -0.2) is 0 Å². The van der Waals surface area contributed by atoms with E-state index in [1.807, 2.05) is 0 Å². The van der Waals surface area contributed by atoms with Gasteiger partial charge in [-0.1, -0.05) is 12.2 Å². The molecule has 0 aromatic carbocycles. The van der Waals surface area contributed by atoms with Gasteiger partial charge in [0.05, 0.1) is 6.42 Å². The van der Waals surface area contributed by atoms with Crippen molar-refractivity contribution in [3.63, 3.8) is 0 Å². The fourth-order valence-corrected chi connectivity index (χ4v) is 1.55. The van der Waals surface area contributed by atoms with Crippen molar-refractivity contribution in [3.05, 3.63) is 12.2 Å². The van der Waals surface area contributed by atoms with Gasteiger partial charge in [0.1, 0.15) is 0 Å². The molecule has 12 heavy (non-hydrogen) atoms. The molecule has 0 fully saturated rings. The van der Waals surface area contributed by atoms with Gasteiger partial charge < -0.3 is 10.8 Å². The van der Waals surface area contributed by atoms with E-state index in [4.69, 9.17) is 10.8 Å². The molecule has 1 rings (SSSR count). The normalized spacial score (nSPS) is 25.2. The molecular formula is C9H15NO2. The van der Waals surface area contributed by atoms with Crippen molar-refractivity contribution in [1.29, 1.82) is 0 Å². The Bertz CT molecular complexity index is 189. The van der Waals surface area contributed by atoms with Crippen molar-refractivity contribution >= 4 is 5.97 Å². The Balaban J connectivity index is 2.39. The minimum Gasteiger partial charge on any atom is -0.481 e. The highest BCUT2D eigenvalue weighted by Crippen LogP contribution is 2.20. The molecule has 1 aliphatic rings. The quantitative estimate of drug-likeness (QED) is 0.623. The number of nitrogens with two attached hydrogens (primary N) is 1. The van der Waals surface area contributed by atoms with Gasteiger partial charge in [0.25, 0.3) is 0 Å². The van der Waals surface area contributed by atoms with Crippen molar-refractivity contribution in [3.8, 4) is 0 Å². The average Bonchev–Trinajstić information content (AvgIpc) is 2.05. The number of carbonyl (C=O) groups is 1. The molecule has 68 valence electrons. The molecule has 0 heterocycles. The number of aliphatic carboxylic acids is 1. The number of allylic oxidation sites excluding steroid dienone is 1. The van der Waals surface area contributed by atoms with Crippen LogP contribution in [0.1, 0.15) is 25.7 Å². The van der Waals surface area contributed by atoms with Crippen LogP contribution in [-0.2, 0) is 4.79 Å². The van der Waals surface area contributed by atoms with Crippen LogP contribution < -0.4 is 5.73 Å². The second-order valence-corrected chi connectivity index (χ2v) is 3.28. The Kier molecular flexibility index (Phi) is 3.29. The van der Waals surface area contributed by atoms with Crippen LogP contribution in [0.5, 0.6) is 0 Å². The maximum absolute atomic E-state index is 10.3. The van der Waals surface area contributed by atoms with Gasteiger partial charge in [-0.05, 0) is 25.2 Å². The van der Waals surface area contributed by atoms with E-state index in [0.29, 0.717) is 0 Å². The first-order valence-corrected chi connectivity index (χ1v) is 4.34. The van der Waals surface area contributed by atoms with E-state index in [2.05, 4.69) is 12.2 Å². The van der Waals surface area contributed by atoms with E-state index in [1.54, 1.807) is 0 Å². The van der Waals surface area contributed by atoms with Crippen molar-refractivity contribution in [2.75, 3.05) is 0 Å². The molecule has 0 aromatic rings. The maximum Gasteiger partial charge on any atom is 0.304 e. The number of carboxylic acid groups (broad SMARTS) is 1. The lowest BCUT2D eigenvalue weighted by atomic mass is 9.88. The average molecular weight is 169 g/mol. The summed E-state index contributed by atoms with van der Waals surface area (Å²) in [5, 5.41) is 8.51. The highest BCUT2D eigenvalue weighted by molar-refractivity contribution is 5.67. The van der Waals surface area contributed by atoms with E-state index in [0.717, 1.165) is 19.3 Å². The monoisotopic (exact) mass is 169 g/mol. The summed E-state index contributed by atoms with van der Waals surface area (Å²) in [6, 6.07) is -0.209. The first-order valence-electron chi connectivity index (χ1n) is 4.34. The molecule has 3 nitrogen and oxygen atoms in total. The molecule has 0 saturated heterocycles. The summed E-state index contributed by atoms with van der Waals surface area (Å²) >= 11 is 0. The molecule has 0 radical (unpaired) electrons. The molecule has 3 N–H and O–H groups in total. The summed E-state index contributed by atoms with van der Waals surface area (Å²) in [7, 11) is 0. The first-order chi connectivity index (χ1) is 5.70. The minimum atomic E-state index is -0.804. The zero-order chi connectivity index (χ0) is 8.97. The standard InChI is InChI=1S/C9H15NO2/c10-8(6-9(11)12)7-4-2-1-3-5-7/h2,4,7-8H,1,3,5-6,10H2,(H,11,12)/t7?,8-/m1/s1. The van der Waals surface area contributed by atoms with Crippen molar-refractivity contribution < 1.29 is 9.90 Å². The van der Waals surface area contributed by atoms with Gasteiger partial charge >= 0.3 is 5.97 Å². The van der Waals surface area contributed by atoms with E-state index in [-0.39, 0.29) is 18.4 Å². The summed E-state index contributed by atoms with van der Waals surface area (Å²) in [5.74, 6) is -0.531. The largest absolute Gasteiger partial charge is 0.481 e. The third kappa shape index (κ3) is 2.66. The van der Waals surface area contributed by atoms with Crippen molar-refractivity contribution in [1.82, 2.24) is 0 Å². The van der Waals surface area contributed by atoms with E-state index < -0.39 is 5.97 Å². The predicted octanol–water partition coefficient (Wildman–Crippen LogP) is 1.14. The van der Waals surface area contributed by atoms with Crippen LogP contribution in [0.3, 0.4) is 0 Å². The van der Waals surface area contributed by atoms with Crippen LogP contribution in [0.4, 0.5) is 0 Å². The summed E-state index contributed by atoms with van der Waals surface area (Å²) in [6.07, 6.45) is 7.50. The van der Waals surface area contributed by atoms with E-state index in [9.17, 15) is 4.79 Å². The van der Waals surface area contributed by atoms with E-state index >= 15 is 0 Å². The van der Waals surface area contributed by atoms with Crippen LogP contribution in [0.25, 0.3) is 0 Å². The van der Waals surface area contributed by atoms with Gasteiger partial charge in [0.15, 0.2) is 0 Å². The zero-order valence-corrected chi connectivity index (χ0v) is 7.07. The molecule has 2 atom stereocenters. The van der Waals surface area contributed by atoms with Crippen LogP contribution >= 0.6 is 0 Å². The Hall–Kier alpha value is -0.830. The lowest BCUT2D eigenvalue weighted by Crippen LogP contribution is -2.32. The maximum atomic E-state index is 10.3. The summed E-state index contributed by atoms with van der Waals surface area (Å²) in [5.41, 5.74) is 5.72. The SMILES string of the molecule is N[C@H](CC(=O)O)C1C=CCCC1. The van der Waals surface area contributed by atoms with Gasteiger partial charge in [-0.2, -0.15) is 0 Å². The smallest absolute Gasteiger partial charge is 0.304 e. The topological polar surface area (TPSA) is 63.3 Å². The van der Waals surface area contributed by atoms with E-state index in [1.165, 1.54) is 0 Å². The molecule has 3 heteroatoms. The first kappa shape index (κ1) is 9.26. The van der Waals surface area contributed by atoms with Crippen LogP contribution in [-0.4, -0.2) is 17.1 Å². The van der Waals surface area contributed by atoms with Gasteiger partial charge in [0, 0.05) is 6.04 Å². The van der Waals surface area contributed by atoms with Crippen LogP contribution in [0.2, 0.25) is 0 Å². The second kappa shape index (κ2) is 4.26. The molecular weight excluding hydrogens is 154 g/mol. The Labute approximate surface area is 72.3 Å². The molecule has 1 aliphatic carbocycles. The molecule has 0 saturated carbocycles. The third-order valence-corrected chi connectivity index (χ3v) is 2.25. The molecule has 0 bridgehead atoms. The lowest BCUT2D eigenvalue weighted by molar-refractivity contribution is -0.137. The Morgan fingerprint density at radius 1 is 1.75 bits per heavy atom. The highest BCUT2D eigenvalue weighted by atomic mass is 16.4. The van der Waals surface area contributed by atoms with Crippen LogP contribution in [0, 0.1) is 5.92 Å². The Morgan fingerprint density at radius 3 is 3.00 bits per heavy atom. The number of carboxylic acids is 1. The highest BCUT2D eigenvalue weighted by Gasteiger charge is 2.18. The Morgan fingerprint density at radius 2 is 2.50 bits per heavy atom. The zero-order valence-electron chi connectivity index (χ0n) is 7.07. The number of hydrogen-bond acceptors (Lipinski definition) is 2.